The van der Waals surface area contributed by atoms with Crippen LogP contribution in [0.5, 0.6) is 5.75 Å². The molecule has 140 valence electrons. The molecule has 4 N–H and O–H groups in total. The van der Waals surface area contributed by atoms with E-state index >= 15 is 0 Å². The lowest BCUT2D eigenvalue weighted by Gasteiger charge is -2.28. The number of benzene rings is 1. The predicted molar refractivity (Wildman–Crippen MR) is 92.5 cm³/mol. The second-order valence-corrected chi connectivity index (χ2v) is 6.68. The normalized spacial score (nSPS) is 27.1. The number of hydrogen-bond acceptors (Lipinski definition) is 5. The van der Waals surface area contributed by atoms with Gasteiger partial charge in [0.15, 0.2) is 0 Å². The van der Waals surface area contributed by atoms with Gasteiger partial charge in [0.2, 0.25) is 11.8 Å². The van der Waals surface area contributed by atoms with Gasteiger partial charge in [0.25, 0.3) is 0 Å². The molecule has 1 aromatic carbocycles. The summed E-state index contributed by atoms with van der Waals surface area (Å²) in [4.78, 5) is 38.2. The SMILES string of the molecule is N[C@H]1Cc2cccc(c2)OCC[C@H](C(=O)O)NC(=O)C2CCCN2C1=O. The van der Waals surface area contributed by atoms with Crippen molar-refractivity contribution in [1.82, 2.24) is 10.2 Å². The van der Waals surface area contributed by atoms with Crippen LogP contribution in [0.15, 0.2) is 24.3 Å². The Hall–Kier alpha value is -2.61. The molecule has 8 nitrogen and oxygen atoms in total. The van der Waals surface area contributed by atoms with Gasteiger partial charge in [-0.2, -0.15) is 0 Å². The Bertz CT molecular complexity index is 708. The third-order valence-electron chi connectivity index (χ3n) is 4.80. The topological polar surface area (TPSA) is 122 Å². The number of nitrogens with one attached hydrogen (secondary N) is 1. The molecule has 8 heteroatoms. The van der Waals surface area contributed by atoms with Crippen molar-refractivity contribution < 1.29 is 24.2 Å². The molecule has 1 saturated heterocycles. The quantitative estimate of drug-likeness (QED) is 0.642. The van der Waals surface area contributed by atoms with Crippen molar-refractivity contribution in [3.63, 3.8) is 0 Å². The number of nitrogens with zero attached hydrogens (tertiary/aromatic N) is 1. The number of fused-ring (bicyclic) bond motifs is 3. The van der Waals surface area contributed by atoms with E-state index in [2.05, 4.69) is 5.32 Å². The molecule has 0 saturated carbocycles. The molecular formula is C18H23N3O5. The van der Waals surface area contributed by atoms with Crippen molar-refractivity contribution in [2.24, 2.45) is 5.73 Å². The summed E-state index contributed by atoms with van der Waals surface area (Å²) in [7, 11) is 0. The Morgan fingerprint density at radius 2 is 2.12 bits per heavy atom. The monoisotopic (exact) mass is 361 g/mol. The number of hydrogen-bond donors (Lipinski definition) is 3. The van der Waals surface area contributed by atoms with E-state index in [0.29, 0.717) is 31.6 Å². The molecular weight excluding hydrogens is 338 g/mol. The maximum absolute atomic E-state index is 12.7. The largest absolute Gasteiger partial charge is 0.493 e. The molecule has 0 radical (unpaired) electrons. The number of nitrogens with two attached hydrogens (primary N) is 1. The molecule has 3 rings (SSSR count). The first-order valence-electron chi connectivity index (χ1n) is 8.76. The summed E-state index contributed by atoms with van der Waals surface area (Å²) in [6, 6.07) is 4.72. The first kappa shape index (κ1) is 18.2. The molecule has 0 spiro atoms. The van der Waals surface area contributed by atoms with Crippen molar-refractivity contribution in [2.75, 3.05) is 13.2 Å². The zero-order chi connectivity index (χ0) is 18.7. The smallest absolute Gasteiger partial charge is 0.326 e. The number of amides is 2. The Balaban J connectivity index is 1.88. The van der Waals surface area contributed by atoms with Gasteiger partial charge in [0.05, 0.1) is 12.6 Å². The standard InChI is InChI=1S/C18H23N3O5/c19-13-10-11-3-1-4-12(9-11)26-8-6-14(18(24)25)20-16(22)15-5-2-7-21(15)17(13)23/h1,3-4,9,13-15H,2,5-8,10,19H2,(H,20,22)(H,24,25)/t13-,14+,15?/m0/s1. The van der Waals surface area contributed by atoms with Crippen LogP contribution in [0.25, 0.3) is 0 Å². The number of rotatable bonds is 1. The van der Waals surface area contributed by atoms with Gasteiger partial charge >= 0.3 is 5.97 Å². The van der Waals surface area contributed by atoms with E-state index in [9.17, 15) is 19.5 Å². The minimum Gasteiger partial charge on any atom is -0.493 e. The number of carbonyl (C=O) groups is 3. The lowest BCUT2D eigenvalue weighted by molar-refractivity contribution is -0.144. The summed E-state index contributed by atoms with van der Waals surface area (Å²) in [6.45, 7) is 0.603. The van der Waals surface area contributed by atoms with Crippen LogP contribution in [0, 0.1) is 0 Å². The summed E-state index contributed by atoms with van der Waals surface area (Å²) in [6.07, 6.45) is 1.67. The van der Waals surface area contributed by atoms with Crippen molar-refractivity contribution in [2.45, 2.75) is 43.8 Å². The van der Waals surface area contributed by atoms with E-state index in [1.165, 1.54) is 4.90 Å². The number of carboxylic acids is 1. The van der Waals surface area contributed by atoms with Crippen molar-refractivity contribution in [3.8, 4) is 5.75 Å². The van der Waals surface area contributed by atoms with E-state index in [-0.39, 0.29) is 18.9 Å². The van der Waals surface area contributed by atoms with E-state index < -0.39 is 30.0 Å². The first-order chi connectivity index (χ1) is 12.5. The zero-order valence-electron chi connectivity index (χ0n) is 14.4. The maximum atomic E-state index is 12.7. The van der Waals surface area contributed by atoms with E-state index in [0.717, 1.165) is 5.56 Å². The Morgan fingerprint density at radius 3 is 2.88 bits per heavy atom. The first-order valence-corrected chi connectivity index (χ1v) is 8.76. The van der Waals surface area contributed by atoms with Crippen LogP contribution in [0.4, 0.5) is 0 Å². The van der Waals surface area contributed by atoms with Gasteiger partial charge < -0.3 is 25.8 Å². The minimum absolute atomic E-state index is 0.130. The molecule has 26 heavy (non-hydrogen) atoms. The van der Waals surface area contributed by atoms with E-state index in [1.807, 2.05) is 12.1 Å². The van der Waals surface area contributed by atoms with Crippen molar-refractivity contribution >= 4 is 17.8 Å². The molecule has 3 atom stereocenters. The Morgan fingerprint density at radius 1 is 1.31 bits per heavy atom. The van der Waals surface area contributed by atoms with E-state index in [4.69, 9.17) is 10.5 Å². The highest BCUT2D eigenvalue weighted by Crippen LogP contribution is 2.21. The van der Waals surface area contributed by atoms with Gasteiger partial charge in [0, 0.05) is 13.0 Å². The molecule has 2 amide bonds. The van der Waals surface area contributed by atoms with Gasteiger partial charge in [-0.15, -0.1) is 0 Å². The summed E-state index contributed by atoms with van der Waals surface area (Å²) in [5, 5.41) is 11.9. The molecule has 2 heterocycles. The fourth-order valence-electron chi connectivity index (χ4n) is 3.44. The van der Waals surface area contributed by atoms with Crippen molar-refractivity contribution in [1.29, 1.82) is 0 Å². The van der Waals surface area contributed by atoms with Crippen LogP contribution < -0.4 is 15.8 Å². The van der Waals surface area contributed by atoms with E-state index in [1.54, 1.807) is 12.1 Å². The summed E-state index contributed by atoms with van der Waals surface area (Å²) < 4.78 is 5.60. The van der Waals surface area contributed by atoms with Crippen LogP contribution >= 0.6 is 0 Å². The molecule has 2 aliphatic heterocycles. The van der Waals surface area contributed by atoms with Crippen LogP contribution in [-0.4, -0.2) is 59.1 Å². The Labute approximate surface area is 151 Å². The van der Waals surface area contributed by atoms with Gasteiger partial charge in [0.1, 0.15) is 17.8 Å². The summed E-state index contributed by atoms with van der Waals surface area (Å²) in [5.74, 6) is -1.30. The number of ether oxygens (including phenoxy) is 1. The number of carboxylic acid groups (broad SMARTS) is 1. The third kappa shape index (κ3) is 3.96. The lowest BCUT2D eigenvalue weighted by Crippen LogP contribution is -2.54. The lowest BCUT2D eigenvalue weighted by atomic mass is 10.0. The highest BCUT2D eigenvalue weighted by Gasteiger charge is 2.37. The van der Waals surface area contributed by atoms with Gasteiger partial charge in [-0.05, 0) is 37.0 Å². The number of carbonyl (C=O) groups excluding carboxylic acids is 2. The average molecular weight is 361 g/mol. The highest BCUT2D eigenvalue weighted by molar-refractivity contribution is 5.92. The third-order valence-corrected chi connectivity index (χ3v) is 4.80. The highest BCUT2D eigenvalue weighted by atomic mass is 16.5. The second-order valence-electron chi connectivity index (χ2n) is 6.68. The molecule has 1 unspecified atom stereocenters. The molecule has 2 bridgehead atoms. The predicted octanol–water partition coefficient (Wildman–Crippen LogP) is -0.101. The van der Waals surface area contributed by atoms with Crippen LogP contribution in [-0.2, 0) is 20.8 Å². The summed E-state index contributed by atoms with van der Waals surface area (Å²) in [5.41, 5.74) is 6.95. The van der Waals surface area contributed by atoms with Gasteiger partial charge in [-0.3, -0.25) is 9.59 Å². The zero-order valence-corrected chi connectivity index (χ0v) is 14.4. The number of aliphatic carboxylic acids is 1. The van der Waals surface area contributed by atoms with Crippen LogP contribution in [0.3, 0.4) is 0 Å². The van der Waals surface area contributed by atoms with Gasteiger partial charge in [-0.1, -0.05) is 12.1 Å². The maximum Gasteiger partial charge on any atom is 0.326 e. The Kier molecular flexibility index (Phi) is 5.41. The average Bonchev–Trinajstić information content (AvgIpc) is 3.09. The minimum atomic E-state index is -1.13. The molecule has 1 aromatic rings. The molecule has 1 fully saturated rings. The second kappa shape index (κ2) is 7.74. The van der Waals surface area contributed by atoms with Gasteiger partial charge in [-0.25, -0.2) is 4.79 Å². The molecule has 2 aliphatic rings. The fraction of sp³-hybridized carbons (Fsp3) is 0.500. The molecule has 0 aliphatic carbocycles. The fourth-order valence-corrected chi connectivity index (χ4v) is 3.44. The van der Waals surface area contributed by atoms with Crippen LogP contribution in [0.2, 0.25) is 0 Å². The molecule has 0 aromatic heterocycles. The van der Waals surface area contributed by atoms with Crippen molar-refractivity contribution in [3.05, 3.63) is 29.8 Å². The van der Waals surface area contributed by atoms with Crippen LogP contribution in [0.1, 0.15) is 24.8 Å². The summed E-state index contributed by atoms with van der Waals surface area (Å²) >= 11 is 0.